The third-order valence-electron chi connectivity index (χ3n) is 2.91. The highest BCUT2D eigenvalue weighted by atomic mass is 16.5. The number of likely N-dealkylation sites (N-methyl/N-ethyl adjacent to an activating group) is 1. The van der Waals surface area contributed by atoms with Crippen molar-refractivity contribution in [2.45, 2.75) is 6.54 Å². The average molecular weight is 245 g/mol. The lowest BCUT2D eigenvalue weighted by Gasteiger charge is -2.16. The number of nitrogens with two attached hydrogens (primary N) is 1. The zero-order chi connectivity index (χ0) is 13.0. The van der Waals surface area contributed by atoms with Gasteiger partial charge in [0.2, 0.25) is 0 Å². The lowest BCUT2D eigenvalue weighted by Crippen LogP contribution is -2.22. The fraction of sp³-hybridized carbons (Fsp3) is 0.357. The van der Waals surface area contributed by atoms with Crippen molar-refractivity contribution < 1.29 is 4.74 Å². The maximum atomic E-state index is 6.05. The number of methoxy groups -OCH3 is 1. The molecule has 1 heterocycles. The van der Waals surface area contributed by atoms with Crippen molar-refractivity contribution >= 4 is 16.6 Å². The van der Waals surface area contributed by atoms with Crippen molar-refractivity contribution in [1.29, 1.82) is 0 Å². The molecule has 0 unspecified atom stereocenters. The minimum absolute atomic E-state index is 0.722. The van der Waals surface area contributed by atoms with Crippen LogP contribution in [0.1, 0.15) is 5.69 Å². The first kappa shape index (κ1) is 12.8. The maximum absolute atomic E-state index is 6.05. The quantitative estimate of drug-likeness (QED) is 0.874. The van der Waals surface area contributed by atoms with Crippen LogP contribution < -0.4 is 5.73 Å². The van der Waals surface area contributed by atoms with Crippen LogP contribution in [-0.4, -0.2) is 37.2 Å². The molecule has 4 heteroatoms. The Morgan fingerprint density at radius 1 is 1.33 bits per heavy atom. The zero-order valence-electron chi connectivity index (χ0n) is 10.9. The van der Waals surface area contributed by atoms with Crippen LogP contribution in [0.5, 0.6) is 0 Å². The maximum Gasteiger partial charge on any atom is 0.0726 e. The zero-order valence-corrected chi connectivity index (χ0v) is 10.9. The molecule has 0 amide bonds. The van der Waals surface area contributed by atoms with Gasteiger partial charge < -0.3 is 10.5 Å². The topological polar surface area (TPSA) is 51.4 Å². The lowest BCUT2D eigenvalue weighted by molar-refractivity contribution is 0.158. The number of ether oxygens (including phenoxy) is 1. The van der Waals surface area contributed by atoms with E-state index < -0.39 is 0 Å². The second-order valence-electron chi connectivity index (χ2n) is 4.45. The first-order chi connectivity index (χ1) is 8.70. The Bertz CT molecular complexity index is 527. The highest BCUT2D eigenvalue weighted by molar-refractivity contribution is 5.90. The first-order valence-corrected chi connectivity index (χ1v) is 6.02. The van der Waals surface area contributed by atoms with Crippen molar-refractivity contribution in [2.24, 2.45) is 0 Å². The molecule has 18 heavy (non-hydrogen) atoms. The second-order valence-corrected chi connectivity index (χ2v) is 4.45. The molecule has 0 atom stereocenters. The molecule has 2 rings (SSSR count). The van der Waals surface area contributed by atoms with Gasteiger partial charge in [-0.25, -0.2) is 0 Å². The summed E-state index contributed by atoms with van der Waals surface area (Å²) in [6.07, 6.45) is 0. The summed E-state index contributed by atoms with van der Waals surface area (Å²) < 4.78 is 5.06. The molecule has 0 aliphatic heterocycles. The van der Waals surface area contributed by atoms with Gasteiger partial charge in [-0.15, -0.1) is 0 Å². The second kappa shape index (κ2) is 5.80. The van der Waals surface area contributed by atoms with Crippen molar-refractivity contribution in [3.63, 3.8) is 0 Å². The molecule has 96 valence electrons. The highest BCUT2D eigenvalue weighted by Crippen LogP contribution is 2.20. The van der Waals surface area contributed by atoms with E-state index >= 15 is 0 Å². The van der Waals surface area contributed by atoms with E-state index in [1.165, 1.54) is 0 Å². The van der Waals surface area contributed by atoms with Gasteiger partial charge in [-0.05, 0) is 19.2 Å². The predicted octanol–water partition coefficient (Wildman–Crippen LogP) is 1.90. The number of para-hydroxylation sites is 1. The van der Waals surface area contributed by atoms with Crippen molar-refractivity contribution in [3.05, 3.63) is 36.0 Å². The Labute approximate surface area is 107 Å². The van der Waals surface area contributed by atoms with Crippen molar-refractivity contribution in [3.8, 4) is 0 Å². The normalized spacial score (nSPS) is 11.3. The summed E-state index contributed by atoms with van der Waals surface area (Å²) in [6.45, 7) is 2.38. The van der Waals surface area contributed by atoms with Gasteiger partial charge in [0.25, 0.3) is 0 Å². The molecule has 1 aromatic heterocycles. The van der Waals surface area contributed by atoms with Gasteiger partial charge in [-0.2, -0.15) is 0 Å². The lowest BCUT2D eigenvalue weighted by atomic mass is 10.1. The van der Waals surface area contributed by atoms with E-state index in [4.69, 9.17) is 10.5 Å². The van der Waals surface area contributed by atoms with Crippen LogP contribution in [0.15, 0.2) is 30.3 Å². The van der Waals surface area contributed by atoms with E-state index in [1.807, 2.05) is 37.4 Å². The number of rotatable bonds is 5. The first-order valence-electron chi connectivity index (χ1n) is 6.02. The number of hydrogen-bond donors (Lipinski definition) is 1. The fourth-order valence-electron chi connectivity index (χ4n) is 1.94. The number of nitrogen functional groups attached to an aromatic ring is 1. The molecule has 0 bridgehead atoms. The van der Waals surface area contributed by atoms with Crippen LogP contribution in [0.2, 0.25) is 0 Å². The SMILES string of the molecule is COCCN(C)Cc1cc(N)c2ccccc2n1. The van der Waals surface area contributed by atoms with Crippen LogP contribution in [0.25, 0.3) is 10.9 Å². The summed E-state index contributed by atoms with van der Waals surface area (Å²) in [5.74, 6) is 0. The highest BCUT2D eigenvalue weighted by Gasteiger charge is 2.05. The Balaban J connectivity index is 2.19. The predicted molar refractivity (Wildman–Crippen MR) is 74.4 cm³/mol. The third-order valence-corrected chi connectivity index (χ3v) is 2.91. The van der Waals surface area contributed by atoms with Crippen LogP contribution in [0, 0.1) is 0 Å². The van der Waals surface area contributed by atoms with Gasteiger partial charge in [-0.3, -0.25) is 9.88 Å². The summed E-state index contributed by atoms with van der Waals surface area (Å²) in [5.41, 5.74) is 8.78. The Hall–Kier alpha value is -1.65. The number of fused-ring (bicyclic) bond motifs is 1. The molecule has 2 aromatic rings. The molecular weight excluding hydrogens is 226 g/mol. The van der Waals surface area contributed by atoms with Gasteiger partial charge in [0.15, 0.2) is 0 Å². The summed E-state index contributed by atoms with van der Waals surface area (Å²) in [6, 6.07) is 9.89. The Morgan fingerprint density at radius 2 is 2.11 bits per heavy atom. The monoisotopic (exact) mass is 245 g/mol. The standard InChI is InChI=1S/C14H19N3O/c1-17(7-8-18-2)10-11-9-13(15)12-5-3-4-6-14(12)16-11/h3-6,9H,7-8,10H2,1-2H3,(H2,15,16). The van der Waals surface area contributed by atoms with E-state index in [0.29, 0.717) is 0 Å². The van der Waals surface area contributed by atoms with Crippen LogP contribution >= 0.6 is 0 Å². The van der Waals surface area contributed by atoms with Crippen LogP contribution in [0.3, 0.4) is 0 Å². The molecular formula is C14H19N3O. The van der Waals surface area contributed by atoms with Crippen molar-refractivity contribution in [2.75, 3.05) is 33.0 Å². The minimum Gasteiger partial charge on any atom is -0.398 e. The van der Waals surface area contributed by atoms with E-state index in [2.05, 4.69) is 9.88 Å². The number of hydrogen-bond acceptors (Lipinski definition) is 4. The molecule has 0 saturated carbocycles. The van der Waals surface area contributed by atoms with E-state index in [9.17, 15) is 0 Å². The van der Waals surface area contributed by atoms with Crippen LogP contribution in [-0.2, 0) is 11.3 Å². The van der Waals surface area contributed by atoms with Crippen LogP contribution in [0.4, 0.5) is 5.69 Å². The minimum atomic E-state index is 0.722. The molecule has 0 saturated heterocycles. The molecule has 0 spiro atoms. The van der Waals surface area contributed by atoms with E-state index in [0.717, 1.165) is 42.0 Å². The number of nitrogens with zero attached hydrogens (tertiary/aromatic N) is 2. The van der Waals surface area contributed by atoms with Gasteiger partial charge in [0.1, 0.15) is 0 Å². The number of pyridine rings is 1. The molecule has 1 aromatic carbocycles. The average Bonchev–Trinajstić information content (AvgIpc) is 2.36. The molecule has 0 fully saturated rings. The largest absolute Gasteiger partial charge is 0.398 e. The molecule has 0 aliphatic rings. The van der Waals surface area contributed by atoms with Gasteiger partial charge in [0, 0.05) is 31.3 Å². The summed E-state index contributed by atoms with van der Waals surface area (Å²) in [7, 11) is 3.76. The number of aromatic nitrogens is 1. The number of benzene rings is 1. The molecule has 0 radical (unpaired) electrons. The smallest absolute Gasteiger partial charge is 0.0726 e. The van der Waals surface area contributed by atoms with Gasteiger partial charge in [-0.1, -0.05) is 18.2 Å². The third kappa shape index (κ3) is 2.97. The fourth-order valence-corrected chi connectivity index (χ4v) is 1.94. The molecule has 4 nitrogen and oxygen atoms in total. The molecule has 2 N–H and O–H groups in total. The number of anilines is 1. The van der Waals surface area contributed by atoms with E-state index in [1.54, 1.807) is 7.11 Å². The van der Waals surface area contributed by atoms with Crippen molar-refractivity contribution in [1.82, 2.24) is 9.88 Å². The summed E-state index contributed by atoms with van der Waals surface area (Å²) >= 11 is 0. The van der Waals surface area contributed by atoms with Gasteiger partial charge >= 0.3 is 0 Å². The molecule has 0 aliphatic carbocycles. The van der Waals surface area contributed by atoms with E-state index in [-0.39, 0.29) is 0 Å². The Morgan fingerprint density at radius 3 is 2.89 bits per heavy atom. The summed E-state index contributed by atoms with van der Waals surface area (Å²) in [4.78, 5) is 6.79. The van der Waals surface area contributed by atoms with Gasteiger partial charge in [0.05, 0.1) is 17.8 Å². The Kier molecular flexibility index (Phi) is 4.12. The summed E-state index contributed by atoms with van der Waals surface area (Å²) in [5, 5.41) is 1.01.